The van der Waals surface area contributed by atoms with Crippen molar-refractivity contribution >= 4 is 21.8 Å². The predicted octanol–water partition coefficient (Wildman–Crippen LogP) is 0.747. The summed E-state index contributed by atoms with van der Waals surface area (Å²) >= 11 is 0. The Morgan fingerprint density at radius 2 is 1.87 bits per heavy atom. The topological polar surface area (TPSA) is 97.3 Å². The molecule has 0 amide bonds. The molecule has 2 aromatic rings. The smallest absolute Gasteiger partial charge is 0.230 e. The lowest BCUT2D eigenvalue weighted by Crippen LogP contribution is -2.37. The maximum absolute atomic E-state index is 11.4. The highest BCUT2D eigenvalue weighted by Crippen LogP contribution is 2.26. The van der Waals surface area contributed by atoms with E-state index in [1.165, 1.54) is 6.20 Å². The average molecular weight is 335 g/mol. The van der Waals surface area contributed by atoms with Crippen molar-refractivity contribution in [2.45, 2.75) is 0 Å². The van der Waals surface area contributed by atoms with Gasteiger partial charge in [0.2, 0.25) is 16.0 Å². The van der Waals surface area contributed by atoms with E-state index in [2.05, 4.69) is 19.7 Å². The average Bonchev–Trinajstić information content (AvgIpc) is 2.55. The van der Waals surface area contributed by atoms with Crippen molar-refractivity contribution in [3.8, 4) is 11.1 Å². The first-order valence-electron chi connectivity index (χ1n) is 7.11. The van der Waals surface area contributed by atoms with Gasteiger partial charge in [-0.3, -0.25) is 4.72 Å². The Morgan fingerprint density at radius 1 is 1.17 bits per heavy atom. The van der Waals surface area contributed by atoms with Crippen LogP contribution in [0.5, 0.6) is 0 Å². The summed E-state index contributed by atoms with van der Waals surface area (Å²) in [6.45, 7) is 2.84. The number of sulfonamides is 1. The van der Waals surface area contributed by atoms with Crippen molar-refractivity contribution in [3.63, 3.8) is 0 Å². The van der Waals surface area contributed by atoms with Crippen LogP contribution in [0.2, 0.25) is 0 Å². The van der Waals surface area contributed by atoms with E-state index in [0.29, 0.717) is 30.3 Å². The van der Waals surface area contributed by atoms with Gasteiger partial charge in [-0.15, -0.1) is 0 Å². The normalized spacial score (nSPS) is 15.4. The van der Waals surface area contributed by atoms with Crippen LogP contribution in [-0.4, -0.2) is 55.9 Å². The molecule has 0 aromatic carbocycles. The van der Waals surface area contributed by atoms with Gasteiger partial charge in [0.1, 0.15) is 5.82 Å². The minimum atomic E-state index is -3.41. The van der Waals surface area contributed by atoms with Crippen LogP contribution < -0.4 is 9.62 Å². The number of pyridine rings is 1. The first-order chi connectivity index (χ1) is 11.0. The Labute approximate surface area is 134 Å². The maximum atomic E-state index is 11.4. The van der Waals surface area contributed by atoms with Gasteiger partial charge in [-0.1, -0.05) is 0 Å². The number of morpholine rings is 1. The molecule has 0 unspecified atom stereocenters. The number of hydrogen-bond acceptors (Lipinski definition) is 7. The Balaban J connectivity index is 1.87. The number of nitrogens with one attached hydrogen (secondary N) is 1. The number of aromatic nitrogens is 3. The summed E-state index contributed by atoms with van der Waals surface area (Å²) in [6.07, 6.45) is 5.95. The quantitative estimate of drug-likeness (QED) is 0.880. The van der Waals surface area contributed by atoms with Gasteiger partial charge in [-0.2, -0.15) is 0 Å². The van der Waals surface area contributed by atoms with Crippen molar-refractivity contribution < 1.29 is 13.2 Å². The summed E-state index contributed by atoms with van der Waals surface area (Å²) in [5, 5.41) is 0. The van der Waals surface area contributed by atoms with Gasteiger partial charge in [-0.25, -0.2) is 23.4 Å². The second-order valence-corrected chi connectivity index (χ2v) is 6.89. The Bertz CT molecular complexity index is 773. The zero-order chi connectivity index (χ0) is 16.3. The van der Waals surface area contributed by atoms with E-state index >= 15 is 0 Å². The lowest BCUT2D eigenvalue weighted by molar-refractivity contribution is 0.122. The Morgan fingerprint density at radius 3 is 2.52 bits per heavy atom. The summed E-state index contributed by atoms with van der Waals surface area (Å²) < 4.78 is 30.6. The van der Waals surface area contributed by atoms with Crippen LogP contribution in [0.15, 0.2) is 30.7 Å². The zero-order valence-corrected chi connectivity index (χ0v) is 13.5. The van der Waals surface area contributed by atoms with Gasteiger partial charge < -0.3 is 9.64 Å². The molecule has 0 atom stereocenters. The molecule has 0 spiro atoms. The largest absolute Gasteiger partial charge is 0.378 e. The van der Waals surface area contributed by atoms with Crippen molar-refractivity contribution in [1.82, 2.24) is 15.0 Å². The Hall–Kier alpha value is -2.26. The van der Waals surface area contributed by atoms with Crippen molar-refractivity contribution in [3.05, 3.63) is 30.7 Å². The molecule has 1 saturated heterocycles. The Kier molecular flexibility index (Phi) is 4.39. The fraction of sp³-hybridized carbons (Fsp3) is 0.357. The molecule has 23 heavy (non-hydrogen) atoms. The van der Waals surface area contributed by atoms with E-state index < -0.39 is 10.0 Å². The molecule has 0 radical (unpaired) electrons. The van der Waals surface area contributed by atoms with Crippen LogP contribution in [0.4, 0.5) is 11.8 Å². The molecular formula is C14H17N5O3S. The molecule has 0 aliphatic carbocycles. The number of anilines is 2. The van der Waals surface area contributed by atoms with Crippen LogP contribution in [0.1, 0.15) is 0 Å². The van der Waals surface area contributed by atoms with E-state index in [4.69, 9.17) is 4.74 Å². The summed E-state index contributed by atoms with van der Waals surface area (Å²) in [6, 6.07) is 3.51. The van der Waals surface area contributed by atoms with Crippen LogP contribution in [0.3, 0.4) is 0 Å². The standard InChI is InChI=1S/C14H17N5O3S/c1-23(20,21)18-13-12(3-2-4-15-13)11-9-16-14(17-10-11)19-5-7-22-8-6-19/h2-4,9-10H,5-8H2,1H3,(H,15,18). The van der Waals surface area contributed by atoms with Crippen molar-refractivity contribution in [1.29, 1.82) is 0 Å². The first kappa shape index (κ1) is 15.6. The third-order valence-electron chi connectivity index (χ3n) is 3.33. The van der Waals surface area contributed by atoms with Crippen LogP contribution >= 0.6 is 0 Å². The molecule has 1 fully saturated rings. The summed E-state index contributed by atoms with van der Waals surface area (Å²) in [5.74, 6) is 0.899. The highest BCUT2D eigenvalue weighted by Gasteiger charge is 2.15. The third-order valence-corrected chi connectivity index (χ3v) is 3.90. The monoisotopic (exact) mass is 335 g/mol. The summed E-state index contributed by atoms with van der Waals surface area (Å²) in [7, 11) is -3.41. The lowest BCUT2D eigenvalue weighted by Gasteiger charge is -2.26. The molecule has 8 nitrogen and oxygen atoms in total. The molecule has 3 heterocycles. The highest BCUT2D eigenvalue weighted by atomic mass is 32.2. The molecule has 1 N–H and O–H groups in total. The van der Waals surface area contributed by atoms with E-state index in [0.717, 1.165) is 19.3 Å². The first-order valence-corrected chi connectivity index (χ1v) is 9.00. The van der Waals surface area contributed by atoms with Gasteiger partial charge in [0.15, 0.2) is 0 Å². The van der Waals surface area contributed by atoms with Gasteiger partial charge in [0, 0.05) is 42.8 Å². The summed E-state index contributed by atoms with van der Waals surface area (Å²) in [5.41, 5.74) is 1.33. The molecule has 122 valence electrons. The highest BCUT2D eigenvalue weighted by molar-refractivity contribution is 7.92. The zero-order valence-electron chi connectivity index (χ0n) is 12.6. The number of rotatable bonds is 4. The van der Waals surface area contributed by atoms with Gasteiger partial charge in [-0.05, 0) is 12.1 Å². The molecule has 0 saturated carbocycles. The molecule has 9 heteroatoms. The van der Waals surface area contributed by atoms with Crippen molar-refractivity contribution in [2.24, 2.45) is 0 Å². The van der Waals surface area contributed by atoms with Crippen LogP contribution in [0.25, 0.3) is 11.1 Å². The lowest BCUT2D eigenvalue weighted by atomic mass is 10.1. The summed E-state index contributed by atoms with van der Waals surface area (Å²) in [4.78, 5) is 14.9. The van der Waals surface area contributed by atoms with Crippen LogP contribution in [-0.2, 0) is 14.8 Å². The van der Waals surface area contributed by atoms with E-state index in [1.807, 2.05) is 4.90 Å². The third kappa shape index (κ3) is 3.93. The minimum absolute atomic E-state index is 0.262. The van der Waals surface area contributed by atoms with Gasteiger partial charge in [0.25, 0.3) is 0 Å². The molecule has 2 aromatic heterocycles. The SMILES string of the molecule is CS(=O)(=O)Nc1ncccc1-c1cnc(N2CCOCC2)nc1. The molecule has 3 rings (SSSR count). The second-order valence-electron chi connectivity index (χ2n) is 5.14. The molecule has 0 bridgehead atoms. The molecule has 1 aliphatic rings. The second kappa shape index (κ2) is 6.47. The molecular weight excluding hydrogens is 318 g/mol. The predicted molar refractivity (Wildman–Crippen MR) is 86.8 cm³/mol. The number of nitrogens with zero attached hydrogens (tertiary/aromatic N) is 4. The fourth-order valence-corrected chi connectivity index (χ4v) is 2.80. The molecule has 1 aliphatic heterocycles. The number of ether oxygens (including phenoxy) is 1. The van der Waals surface area contributed by atoms with E-state index in [-0.39, 0.29) is 5.82 Å². The minimum Gasteiger partial charge on any atom is -0.378 e. The van der Waals surface area contributed by atoms with E-state index in [9.17, 15) is 8.42 Å². The van der Waals surface area contributed by atoms with Crippen molar-refractivity contribution in [2.75, 3.05) is 42.2 Å². The van der Waals surface area contributed by atoms with Gasteiger partial charge >= 0.3 is 0 Å². The van der Waals surface area contributed by atoms with Gasteiger partial charge in [0.05, 0.1) is 19.5 Å². The number of hydrogen-bond donors (Lipinski definition) is 1. The fourth-order valence-electron chi connectivity index (χ4n) is 2.28. The maximum Gasteiger partial charge on any atom is 0.230 e. The van der Waals surface area contributed by atoms with Crippen LogP contribution in [0, 0.1) is 0 Å². The van der Waals surface area contributed by atoms with E-state index in [1.54, 1.807) is 24.5 Å².